The molecule has 1 aliphatic rings. The number of pyridine rings is 1. The fourth-order valence-electron chi connectivity index (χ4n) is 2.26. The Bertz CT molecular complexity index is 926. The first kappa shape index (κ1) is 18.8. The Hall–Kier alpha value is -1.97. The van der Waals surface area contributed by atoms with Crippen LogP contribution in [-0.2, 0) is 10.0 Å². The molecule has 0 bridgehead atoms. The fourth-order valence-corrected chi connectivity index (χ4v) is 4.01. The highest BCUT2D eigenvalue weighted by Crippen LogP contribution is 2.25. The van der Waals surface area contributed by atoms with E-state index < -0.39 is 15.9 Å². The summed E-state index contributed by atoms with van der Waals surface area (Å²) < 4.78 is 27.8. The Kier molecular flexibility index (Phi) is 5.31. The average molecular weight is 439 g/mol. The van der Waals surface area contributed by atoms with E-state index in [0.717, 1.165) is 18.7 Å². The Morgan fingerprint density at radius 2 is 1.96 bits per heavy atom. The van der Waals surface area contributed by atoms with Gasteiger partial charge in [-0.1, -0.05) is 0 Å². The minimum absolute atomic E-state index is 0.00205. The Balaban J connectivity index is 1.81. The summed E-state index contributed by atoms with van der Waals surface area (Å²) in [5.74, 6) is 0.350. The number of amides is 1. The molecule has 1 heterocycles. The van der Waals surface area contributed by atoms with Crippen molar-refractivity contribution in [1.29, 1.82) is 0 Å². The molecular formula is C17H19BrN4O3S. The van der Waals surface area contributed by atoms with Crippen LogP contribution in [0.5, 0.6) is 0 Å². The van der Waals surface area contributed by atoms with Crippen LogP contribution in [0.2, 0.25) is 0 Å². The molecule has 0 spiro atoms. The van der Waals surface area contributed by atoms with Gasteiger partial charge in [-0.15, -0.1) is 0 Å². The van der Waals surface area contributed by atoms with E-state index in [2.05, 4.69) is 31.0 Å². The van der Waals surface area contributed by atoms with Crippen molar-refractivity contribution in [2.75, 3.05) is 24.3 Å². The van der Waals surface area contributed by atoms with E-state index in [1.165, 1.54) is 12.1 Å². The van der Waals surface area contributed by atoms with Gasteiger partial charge in [0.15, 0.2) is 0 Å². The van der Waals surface area contributed by atoms with Crippen molar-refractivity contribution in [1.82, 2.24) is 9.71 Å². The van der Waals surface area contributed by atoms with E-state index in [4.69, 9.17) is 0 Å². The summed E-state index contributed by atoms with van der Waals surface area (Å²) >= 11 is 3.31. The summed E-state index contributed by atoms with van der Waals surface area (Å²) in [4.78, 5) is 18.7. The van der Waals surface area contributed by atoms with Crippen LogP contribution in [0.25, 0.3) is 0 Å². The molecule has 3 rings (SSSR count). The minimum Gasteiger partial charge on any atom is -0.363 e. The van der Waals surface area contributed by atoms with Crippen LogP contribution in [0, 0.1) is 0 Å². The normalized spacial score (nSPS) is 14.1. The number of nitrogens with zero attached hydrogens (tertiary/aromatic N) is 2. The average Bonchev–Trinajstić information content (AvgIpc) is 3.38. The molecule has 1 fully saturated rings. The predicted molar refractivity (Wildman–Crippen MR) is 104 cm³/mol. The quantitative estimate of drug-likeness (QED) is 0.722. The monoisotopic (exact) mass is 438 g/mol. The lowest BCUT2D eigenvalue weighted by Crippen LogP contribution is -2.26. The second kappa shape index (κ2) is 7.34. The van der Waals surface area contributed by atoms with Crippen molar-refractivity contribution < 1.29 is 13.2 Å². The summed E-state index contributed by atoms with van der Waals surface area (Å²) in [5.41, 5.74) is 0.761. The van der Waals surface area contributed by atoms with Crippen molar-refractivity contribution in [2.45, 2.75) is 23.8 Å². The van der Waals surface area contributed by atoms with Gasteiger partial charge in [0, 0.05) is 24.6 Å². The van der Waals surface area contributed by atoms with Gasteiger partial charge in [0.1, 0.15) is 5.82 Å². The number of carbonyl (C=O) groups is 1. The zero-order valence-corrected chi connectivity index (χ0v) is 16.8. The first-order valence-corrected chi connectivity index (χ1v) is 10.3. The highest BCUT2D eigenvalue weighted by Gasteiger charge is 2.28. The lowest BCUT2D eigenvalue weighted by atomic mass is 10.2. The zero-order chi connectivity index (χ0) is 18.9. The Labute approximate surface area is 161 Å². The van der Waals surface area contributed by atoms with E-state index in [9.17, 15) is 13.2 Å². The molecule has 26 heavy (non-hydrogen) atoms. The highest BCUT2D eigenvalue weighted by atomic mass is 79.9. The molecule has 0 unspecified atom stereocenters. The molecule has 1 aromatic carbocycles. The van der Waals surface area contributed by atoms with E-state index in [1.54, 1.807) is 24.4 Å². The number of hydrogen-bond acceptors (Lipinski definition) is 5. The van der Waals surface area contributed by atoms with E-state index in [1.807, 2.05) is 19.0 Å². The molecule has 1 aliphatic carbocycles. The standard InChI is InChI=1S/C17H19BrN4O3S/c1-22(2)16-8-5-12(10-19-16)20-17(23)14-9-13(6-7-15(14)18)26(24,25)21-11-3-4-11/h5-11,21H,3-4H2,1-2H3,(H,20,23). The first-order valence-electron chi connectivity index (χ1n) is 8.03. The maximum Gasteiger partial charge on any atom is 0.256 e. The van der Waals surface area contributed by atoms with Gasteiger partial charge in [-0.25, -0.2) is 18.1 Å². The van der Waals surface area contributed by atoms with Crippen molar-refractivity contribution in [3.8, 4) is 0 Å². The largest absolute Gasteiger partial charge is 0.363 e. The van der Waals surface area contributed by atoms with Crippen LogP contribution < -0.4 is 14.9 Å². The lowest BCUT2D eigenvalue weighted by molar-refractivity contribution is 0.102. The topological polar surface area (TPSA) is 91.4 Å². The van der Waals surface area contributed by atoms with Crippen molar-refractivity contribution in [3.63, 3.8) is 0 Å². The number of nitrogens with one attached hydrogen (secondary N) is 2. The molecule has 138 valence electrons. The van der Waals surface area contributed by atoms with E-state index >= 15 is 0 Å². The molecule has 0 atom stereocenters. The highest BCUT2D eigenvalue weighted by molar-refractivity contribution is 9.10. The molecule has 0 aliphatic heterocycles. The molecular weight excluding hydrogens is 420 g/mol. The van der Waals surface area contributed by atoms with Gasteiger partial charge in [0.05, 0.1) is 22.3 Å². The third kappa shape index (κ3) is 4.40. The number of benzene rings is 1. The van der Waals surface area contributed by atoms with E-state index in [0.29, 0.717) is 10.2 Å². The number of aromatic nitrogens is 1. The first-order chi connectivity index (χ1) is 12.3. The maximum atomic E-state index is 12.6. The minimum atomic E-state index is -3.63. The second-order valence-electron chi connectivity index (χ2n) is 6.29. The Morgan fingerprint density at radius 1 is 1.23 bits per heavy atom. The molecule has 7 nitrogen and oxygen atoms in total. The van der Waals surface area contributed by atoms with Crippen molar-refractivity contribution >= 4 is 43.4 Å². The number of hydrogen-bond donors (Lipinski definition) is 2. The second-order valence-corrected chi connectivity index (χ2v) is 8.86. The third-order valence-electron chi connectivity index (χ3n) is 3.86. The molecule has 1 amide bonds. The SMILES string of the molecule is CN(C)c1ccc(NC(=O)c2cc(S(=O)(=O)NC3CC3)ccc2Br)cn1. The van der Waals surface area contributed by atoms with Crippen molar-refractivity contribution in [2.24, 2.45) is 0 Å². The van der Waals surface area contributed by atoms with Gasteiger partial charge in [-0.05, 0) is 59.1 Å². The van der Waals surface area contributed by atoms with Crippen LogP contribution in [-0.4, -0.2) is 39.4 Å². The van der Waals surface area contributed by atoms with E-state index in [-0.39, 0.29) is 16.5 Å². The summed E-state index contributed by atoms with van der Waals surface area (Å²) in [7, 11) is 0.122. The summed E-state index contributed by atoms with van der Waals surface area (Å²) in [6, 6.07) is 7.92. The summed E-state index contributed by atoms with van der Waals surface area (Å²) in [6.45, 7) is 0. The molecule has 0 saturated heterocycles. The van der Waals surface area contributed by atoms with Crippen LogP contribution in [0.15, 0.2) is 45.9 Å². The molecule has 0 radical (unpaired) electrons. The van der Waals surface area contributed by atoms with Gasteiger partial charge in [-0.3, -0.25) is 4.79 Å². The molecule has 1 aromatic heterocycles. The van der Waals surface area contributed by atoms with Gasteiger partial charge in [0.2, 0.25) is 10.0 Å². The van der Waals surface area contributed by atoms with Crippen LogP contribution in [0.3, 0.4) is 0 Å². The third-order valence-corrected chi connectivity index (χ3v) is 6.07. The zero-order valence-electron chi connectivity index (χ0n) is 14.4. The van der Waals surface area contributed by atoms with Crippen LogP contribution in [0.1, 0.15) is 23.2 Å². The molecule has 9 heteroatoms. The predicted octanol–water partition coefficient (Wildman–Crippen LogP) is 2.60. The van der Waals surface area contributed by atoms with Gasteiger partial charge < -0.3 is 10.2 Å². The number of anilines is 2. The summed E-state index contributed by atoms with van der Waals surface area (Å²) in [6.07, 6.45) is 3.24. The van der Waals surface area contributed by atoms with Crippen LogP contribution in [0.4, 0.5) is 11.5 Å². The lowest BCUT2D eigenvalue weighted by Gasteiger charge is -2.12. The molecule has 1 saturated carbocycles. The Morgan fingerprint density at radius 3 is 2.54 bits per heavy atom. The number of carbonyl (C=O) groups excluding carboxylic acids is 1. The van der Waals surface area contributed by atoms with Gasteiger partial charge >= 0.3 is 0 Å². The van der Waals surface area contributed by atoms with Crippen LogP contribution >= 0.6 is 15.9 Å². The number of rotatable bonds is 6. The number of halogens is 1. The molecule has 2 N–H and O–H groups in total. The maximum absolute atomic E-state index is 12.6. The molecule has 2 aromatic rings. The van der Waals surface area contributed by atoms with Crippen molar-refractivity contribution in [3.05, 3.63) is 46.6 Å². The fraction of sp³-hybridized carbons (Fsp3) is 0.294. The van der Waals surface area contributed by atoms with Gasteiger partial charge in [0.25, 0.3) is 5.91 Å². The number of sulfonamides is 1. The smallest absolute Gasteiger partial charge is 0.256 e. The van der Waals surface area contributed by atoms with Gasteiger partial charge in [-0.2, -0.15) is 0 Å². The summed E-state index contributed by atoms with van der Waals surface area (Å²) in [5, 5.41) is 2.73.